The minimum absolute atomic E-state index is 0.515. The molecule has 3 heterocycles. The van der Waals surface area contributed by atoms with Gasteiger partial charge in [-0.25, -0.2) is 9.97 Å². The van der Waals surface area contributed by atoms with Crippen LogP contribution in [-0.2, 0) is 25.7 Å². The molecule has 0 radical (unpaired) electrons. The van der Waals surface area contributed by atoms with E-state index in [-0.39, 0.29) is 0 Å². The molecule has 0 amide bonds. The molecule has 0 aliphatic carbocycles. The van der Waals surface area contributed by atoms with Crippen molar-refractivity contribution < 1.29 is 13.2 Å². The van der Waals surface area contributed by atoms with Gasteiger partial charge < -0.3 is 0 Å². The lowest BCUT2D eigenvalue weighted by molar-refractivity contribution is -0.145. The maximum atomic E-state index is 12.6. The number of rotatable bonds is 2. The largest absolute Gasteiger partial charge is 0.451 e. The normalized spacial score (nSPS) is 16.0. The van der Waals surface area contributed by atoms with E-state index in [2.05, 4.69) is 36.9 Å². The van der Waals surface area contributed by atoms with Crippen molar-refractivity contribution in [1.82, 2.24) is 14.9 Å². The van der Waals surface area contributed by atoms with Crippen LogP contribution in [-0.4, -0.2) is 21.4 Å². The Morgan fingerprint density at radius 3 is 2.86 bits per heavy atom. The first-order valence-corrected chi connectivity index (χ1v) is 7.96. The van der Waals surface area contributed by atoms with Crippen LogP contribution in [0, 0.1) is 0 Å². The number of nitrogens with zero attached hydrogens (tertiary/aromatic N) is 3. The van der Waals surface area contributed by atoms with Gasteiger partial charge in [0.15, 0.2) is 0 Å². The standard InChI is InChI=1S/C13H11BrF3N3S/c14-9-3-10(21-7-9)6-20-2-1-11-8(5-20)4-18-12(19-11)13(15,16)17/h3-4,7H,1-2,5-6H2. The molecular weight excluding hydrogens is 367 g/mol. The lowest BCUT2D eigenvalue weighted by atomic mass is 10.1. The van der Waals surface area contributed by atoms with Gasteiger partial charge in [0.1, 0.15) is 0 Å². The van der Waals surface area contributed by atoms with E-state index in [1.165, 1.54) is 11.1 Å². The zero-order valence-corrected chi connectivity index (χ0v) is 13.2. The molecule has 0 atom stereocenters. The average Bonchev–Trinajstić information content (AvgIpc) is 2.82. The Labute approximate surface area is 132 Å². The van der Waals surface area contributed by atoms with Gasteiger partial charge in [-0.2, -0.15) is 13.2 Å². The lowest BCUT2D eigenvalue weighted by Crippen LogP contribution is -2.31. The highest BCUT2D eigenvalue weighted by molar-refractivity contribution is 9.10. The Hall–Kier alpha value is -0.990. The van der Waals surface area contributed by atoms with E-state index in [0.717, 1.165) is 16.6 Å². The first-order valence-electron chi connectivity index (χ1n) is 6.29. The molecule has 0 saturated carbocycles. The third-order valence-electron chi connectivity index (χ3n) is 3.27. The second-order valence-electron chi connectivity index (χ2n) is 4.86. The summed E-state index contributed by atoms with van der Waals surface area (Å²) in [6.07, 6.45) is -2.65. The number of aromatic nitrogens is 2. The van der Waals surface area contributed by atoms with Gasteiger partial charge in [-0.3, -0.25) is 4.90 Å². The molecule has 0 unspecified atom stereocenters. The van der Waals surface area contributed by atoms with Crippen LogP contribution in [0.25, 0.3) is 0 Å². The molecule has 21 heavy (non-hydrogen) atoms. The summed E-state index contributed by atoms with van der Waals surface area (Å²) in [5, 5.41) is 2.02. The van der Waals surface area contributed by atoms with Crippen molar-refractivity contribution in [1.29, 1.82) is 0 Å². The second-order valence-corrected chi connectivity index (χ2v) is 6.77. The van der Waals surface area contributed by atoms with Crippen LogP contribution < -0.4 is 0 Å². The molecule has 2 aromatic heterocycles. The van der Waals surface area contributed by atoms with Crippen molar-refractivity contribution in [3.8, 4) is 0 Å². The van der Waals surface area contributed by atoms with Gasteiger partial charge in [-0.15, -0.1) is 11.3 Å². The summed E-state index contributed by atoms with van der Waals surface area (Å²) in [6, 6.07) is 2.06. The maximum absolute atomic E-state index is 12.6. The van der Waals surface area contributed by atoms with Crippen LogP contribution >= 0.6 is 27.3 Å². The van der Waals surface area contributed by atoms with Crippen LogP contribution in [0.1, 0.15) is 22.0 Å². The fourth-order valence-electron chi connectivity index (χ4n) is 2.30. The SMILES string of the molecule is FC(F)(F)c1ncc2c(n1)CCN(Cc1cc(Br)cs1)C2. The number of thiophene rings is 1. The van der Waals surface area contributed by atoms with Crippen molar-refractivity contribution in [2.45, 2.75) is 25.7 Å². The smallest absolute Gasteiger partial charge is 0.293 e. The minimum Gasteiger partial charge on any atom is -0.293 e. The third-order valence-corrected chi connectivity index (χ3v) is 4.95. The van der Waals surface area contributed by atoms with E-state index < -0.39 is 12.0 Å². The van der Waals surface area contributed by atoms with Gasteiger partial charge in [0.05, 0.1) is 5.69 Å². The number of halogens is 4. The van der Waals surface area contributed by atoms with Crippen molar-refractivity contribution in [3.05, 3.63) is 44.1 Å². The summed E-state index contributed by atoms with van der Waals surface area (Å²) in [7, 11) is 0. The first-order chi connectivity index (χ1) is 9.91. The summed E-state index contributed by atoms with van der Waals surface area (Å²) in [6.45, 7) is 2.08. The lowest BCUT2D eigenvalue weighted by Gasteiger charge is -2.27. The van der Waals surface area contributed by atoms with Gasteiger partial charge in [-0.1, -0.05) is 0 Å². The van der Waals surface area contributed by atoms with E-state index in [4.69, 9.17) is 0 Å². The highest BCUT2D eigenvalue weighted by Gasteiger charge is 2.35. The predicted octanol–water partition coefficient (Wildman–Crippen LogP) is 3.88. The number of alkyl halides is 3. The van der Waals surface area contributed by atoms with E-state index in [1.807, 2.05) is 5.38 Å². The first kappa shape index (κ1) is 14.9. The van der Waals surface area contributed by atoms with E-state index in [1.54, 1.807) is 11.3 Å². The molecule has 1 aliphatic heterocycles. The van der Waals surface area contributed by atoms with Crippen LogP contribution in [0.15, 0.2) is 22.1 Å². The molecule has 112 valence electrons. The topological polar surface area (TPSA) is 29.0 Å². The minimum atomic E-state index is -4.48. The molecule has 0 fully saturated rings. The molecule has 0 bridgehead atoms. The molecule has 0 aromatic carbocycles. The molecule has 8 heteroatoms. The Bertz CT molecular complexity index is 656. The highest BCUT2D eigenvalue weighted by atomic mass is 79.9. The van der Waals surface area contributed by atoms with Crippen LogP contribution in [0.3, 0.4) is 0 Å². The van der Waals surface area contributed by atoms with Crippen LogP contribution in [0.4, 0.5) is 13.2 Å². The van der Waals surface area contributed by atoms with E-state index >= 15 is 0 Å². The van der Waals surface area contributed by atoms with Gasteiger partial charge in [-0.05, 0) is 22.0 Å². The van der Waals surface area contributed by atoms with Crippen molar-refractivity contribution >= 4 is 27.3 Å². The van der Waals surface area contributed by atoms with Gasteiger partial charge >= 0.3 is 6.18 Å². The molecule has 1 aliphatic rings. The number of hydrogen-bond donors (Lipinski definition) is 0. The van der Waals surface area contributed by atoms with Crippen molar-refractivity contribution in [3.63, 3.8) is 0 Å². The average molecular weight is 378 g/mol. The Kier molecular flexibility index (Phi) is 4.02. The van der Waals surface area contributed by atoms with Crippen molar-refractivity contribution in [2.24, 2.45) is 0 Å². The van der Waals surface area contributed by atoms with Gasteiger partial charge in [0.25, 0.3) is 0 Å². The molecule has 3 nitrogen and oxygen atoms in total. The molecule has 0 spiro atoms. The number of hydrogen-bond acceptors (Lipinski definition) is 4. The Morgan fingerprint density at radius 1 is 1.38 bits per heavy atom. The summed E-state index contributed by atoms with van der Waals surface area (Å²) >= 11 is 5.08. The highest BCUT2D eigenvalue weighted by Crippen LogP contribution is 2.28. The zero-order chi connectivity index (χ0) is 15.0. The fourth-order valence-corrected chi connectivity index (χ4v) is 3.80. The summed E-state index contributed by atoms with van der Waals surface area (Å²) < 4.78 is 38.8. The molecule has 0 saturated heterocycles. The van der Waals surface area contributed by atoms with E-state index in [9.17, 15) is 13.2 Å². The fraction of sp³-hybridized carbons (Fsp3) is 0.385. The van der Waals surface area contributed by atoms with Gasteiger partial charge in [0, 0.05) is 52.5 Å². The quantitative estimate of drug-likeness (QED) is 0.795. The zero-order valence-electron chi connectivity index (χ0n) is 10.8. The Balaban J connectivity index is 1.74. The second kappa shape index (κ2) is 5.66. The third kappa shape index (κ3) is 3.44. The van der Waals surface area contributed by atoms with Crippen LogP contribution in [0.2, 0.25) is 0 Å². The van der Waals surface area contributed by atoms with E-state index in [0.29, 0.717) is 25.2 Å². The summed E-state index contributed by atoms with van der Waals surface area (Å²) in [5.74, 6) is -1.04. The maximum Gasteiger partial charge on any atom is 0.451 e. The molecular formula is C13H11BrF3N3S. The molecule has 0 N–H and O–H groups in total. The summed E-state index contributed by atoms with van der Waals surface area (Å²) in [4.78, 5) is 10.5. The monoisotopic (exact) mass is 377 g/mol. The summed E-state index contributed by atoms with van der Waals surface area (Å²) in [5.41, 5.74) is 1.30. The predicted molar refractivity (Wildman–Crippen MR) is 76.9 cm³/mol. The Morgan fingerprint density at radius 2 is 2.19 bits per heavy atom. The van der Waals surface area contributed by atoms with Crippen LogP contribution in [0.5, 0.6) is 0 Å². The van der Waals surface area contributed by atoms with Gasteiger partial charge in [0.2, 0.25) is 5.82 Å². The molecule has 3 rings (SSSR count). The molecule has 2 aromatic rings. The number of fused-ring (bicyclic) bond motifs is 1. The van der Waals surface area contributed by atoms with Crippen molar-refractivity contribution in [2.75, 3.05) is 6.54 Å².